The second kappa shape index (κ2) is 7.42. The molecule has 0 bridgehead atoms. The first-order valence-electron chi connectivity index (χ1n) is 8.29. The molecular weight excluding hydrogens is 326 g/mol. The monoisotopic (exact) mass is 347 g/mol. The first kappa shape index (κ1) is 17.1. The Labute approximate surface area is 145 Å². The molecule has 1 aromatic carbocycles. The summed E-state index contributed by atoms with van der Waals surface area (Å²) in [6, 6.07) is 4.54. The quantitative estimate of drug-likeness (QED) is 0.746. The summed E-state index contributed by atoms with van der Waals surface area (Å²) in [6.07, 6.45) is 1.41. The fourth-order valence-electron chi connectivity index (χ4n) is 3.02. The molecule has 8 nitrogen and oxygen atoms in total. The molecule has 3 rings (SSSR count). The number of amides is 3. The molecule has 0 aliphatic carbocycles. The maximum Gasteiger partial charge on any atom is 0.254 e. The van der Waals surface area contributed by atoms with Gasteiger partial charge in [0.1, 0.15) is 6.04 Å². The SMILES string of the molecule is CC(=O)NCCNC(=O)C1CCCN1C(=O)c1ccc2c(c1)OCO2. The zero-order chi connectivity index (χ0) is 17.8. The highest BCUT2D eigenvalue weighted by Gasteiger charge is 2.34. The second-order valence-electron chi connectivity index (χ2n) is 6.00. The number of hydrogen-bond donors (Lipinski definition) is 2. The van der Waals surface area contributed by atoms with Crippen LogP contribution in [0.2, 0.25) is 0 Å². The van der Waals surface area contributed by atoms with Crippen LogP contribution in [0.15, 0.2) is 18.2 Å². The van der Waals surface area contributed by atoms with E-state index in [9.17, 15) is 14.4 Å². The van der Waals surface area contributed by atoms with Crippen molar-refractivity contribution >= 4 is 17.7 Å². The van der Waals surface area contributed by atoms with E-state index in [0.717, 1.165) is 6.42 Å². The van der Waals surface area contributed by atoms with Crippen LogP contribution in [0.5, 0.6) is 11.5 Å². The number of likely N-dealkylation sites (tertiary alicyclic amines) is 1. The van der Waals surface area contributed by atoms with Gasteiger partial charge in [0.05, 0.1) is 0 Å². The molecule has 0 aromatic heterocycles. The van der Waals surface area contributed by atoms with Crippen molar-refractivity contribution < 1.29 is 23.9 Å². The van der Waals surface area contributed by atoms with Crippen LogP contribution in [0.4, 0.5) is 0 Å². The molecule has 1 atom stereocenters. The van der Waals surface area contributed by atoms with E-state index in [0.29, 0.717) is 43.1 Å². The van der Waals surface area contributed by atoms with Crippen LogP contribution < -0.4 is 20.1 Å². The number of carbonyl (C=O) groups excluding carboxylic acids is 3. The minimum Gasteiger partial charge on any atom is -0.454 e. The van der Waals surface area contributed by atoms with Gasteiger partial charge in [0.2, 0.25) is 18.6 Å². The lowest BCUT2D eigenvalue weighted by atomic mass is 10.1. The number of carbonyl (C=O) groups is 3. The average Bonchev–Trinajstić information content (AvgIpc) is 3.25. The largest absolute Gasteiger partial charge is 0.454 e. The van der Waals surface area contributed by atoms with E-state index >= 15 is 0 Å². The average molecular weight is 347 g/mol. The Bertz CT molecular complexity index is 691. The fraction of sp³-hybridized carbons (Fsp3) is 0.471. The van der Waals surface area contributed by atoms with Gasteiger partial charge in [0.25, 0.3) is 5.91 Å². The summed E-state index contributed by atoms with van der Waals surface area (Å²) < 4.78 is 10.6. The Morgan fingerprint density at radius 2 is 1.92 bits per heavy atom. The lowest BCUT2D eigenvalue weighted by molar-refractivity contribution is -0.125. The molecule has 0 saturated carbocycles. The zero-order valence-corrected chi connectivity index (χ0v) is 14.0. The maximum atomic E-state index is 12.8. The van der Waals surface area contributed by atoms with Crippen LogP contribution in [0.1, 0.15) is 30.1 Å². The third kappa shape index (κ3) is 3.84. The number of nitrogens with zero attached hydrogens (tertiary/aromatic N) is 1. The van der Waals surface area contributed by atoms with Gasteiger partial charge in [-0.1, -0.05) is 0 Å². The Kier molecular flexibility index (Phi) is 5.06. The summed E-state index contributed by atoms with van der Waals surface area (Å²) in [7, 11) is 0. The van der Waals surface area contributed by atoms with Crippen LogP contribution in [-0.4, -0.2) is 55.1 Å². The van der Waals surface area contributed by atoms with Gasteiger partial charge in [-0.05, 0) is 31.0 Å². The van der Waals surface area contributed by atoms with Gasteiger partial charge in [-0.3, -0.25) is 14.4 Å². The van der Waals surface area contributed by atoms with Crippen molar-refractivity contribution in [3.05, 3.63) is 23.8 Å². The van der Waals surface area contributed by atoms with Crippen LogP contribution in [0.25, 0.3) is 0 Å². The molecule has 25 heavy (non-hydrogen) atoms. The van der Waals surface area contributed by atoms with E-state index in [-0.39, 0.29) is 24.5 Å². The molecule has 1 aromatic rings. The van der Waals surface area contributed by atoms with Crippen molar-refractivity contribution in [2.75, 3.05) is 26.4 Å². The van der Waals surface area contributed by atoms with Gasteiger partial charge in [-0.25, -0.2) is 0 Å². The molecule has 2 aliphatic rings. The van der Waals surface area contributed by atoms with Crippen molar-refractivity contribution in [1.82, 2.24) is 15.5 Å². The lowest BCUT2D eigenvalue weighted by Crippen LogP contribution is -2.47. The molecule has 2 aliphatic heterocycles. The van der Waals surface area contributed by atoms with Crippen molar-refractivity contribution in [3.8, 4) is 11.5 Å². The highest BCUT2D eigenvalue weighted by molar-refractivity contribution is 5.98. The fourth-order valence-corrected chi connectivity index (χ4v) is 3.02. The predicted octanol–water partition coefficient (Wildman–Crippen LogP) is 0.272. The van der Waals surface area contributed by atoms with E-state index in [1.54, 1.807) is 23.1 Å². The Morgan fingerprint density at radius 1 is 1.16 bits per heavy atom. The van der Waals surface area contributed by atoms with E-state index in [1.165, 1.54) is 6.92 Å². The smallest absolute Gasteiger partial charge is 0.254 e. The van der Waals surface area contributed by atoms with Crippen LogP contribution >= 0.6 is 0 Å². The molecule has 1 fully saturated rings. The Hall–Kier alpha value is -2.77. The van der Waals surface area contributed by atoms with Gasteiger partial charge in [-0.15, -0.1) is 0 Å². The van der Waals surface area contributed by atoms with Crippen molar-refractivity contribution in [1.29, 1.82) is 0 Å². The topological polar surface area (TPSA) is 97.0 Å². The summed E-state index contributed by atoms with van der Waals surface area (Å²) in [5, 5.41) is 5.38. The first-order chi connectivity index (χ1) is 12.1. The molecule has 134 valence electrons. The molecule has 3 amide bonds. The van der Waals surface area contributed by atoms with Crippen LogP contribution in [-0.2, 0) is 9.59 Å². The summed E-state index contributed by atoms with van der Waals surface area (Å²) in [5.74, 6) is 0.621. The van der Waals surface area contributed by atoms with Gasteiger partial charge >= 0.3 is 0 Å². The molecule has 1 unspecified atom stereocenters. The standard InChI is InChI=1S/C17H21N3O5/c1-11(21)18-6-7-19-16(22)13-3-2-8-20(13)17(23)12-4-5-14-15(9-12)25-10-24-14/h4-5,9,13H,2-3,6-8,10H2,1H3,(H,18,21)(H,19,22). The molecule has 1 saturated heterocycles. The third-order valence-electron chi connectivity index (χ3n) is 4.23. The van der Waals surface area contributed by atoms with Gasteiger partial charge < -0.3 is 25.0 Å². The number of hydrogen-bond acceptors (Lipinski definition) is 5. The van der Waals surface area contributed by atoms with Gasteiger partial charge in [0, 0.05) is 32.1 Å². The zero-order valence-electron chi connectivity index (χ0n) is 14.0. The van der Waals surface area contributed by atoms with E-state index < -0.39 is 6.04 Å². The minimum absolute atomic E-state index is 0.144. The second-order valence-corrected chi connectivity index (χ2v) is 6.00. The van der Waals surface area contributed by atoms with Gasteiger partial charge in [0.15, 0.2) is 11.5 Å². The molecule has 2 N–H and O–H groups in total. The highest BCUT2D eigenvalue weighted by Crippen LogP contribution is 2.33. The lowest BCUT2D eigenvalue weighted by Gasteiger charge is -2.24. The molecule has 8 heteroatoms. The van der Waals surface area contributed by atoms with Crippen LogP contribution in [0, 0.1) is 0 Å². The number of nitrogens with one attached hydrogen (secondary N) is 2. The Morgan fingerprint density at radius 3 is 2.72 bits per heavy atom. The number of ether oxygens (including phenoxy) is 2. The highest BCUT2D eigenvalue weighted by atomic mass is 16.7. The molecule has 0 radical (unpaired) electrons. The predicted molar refractivity (Wildman–Crippen MR) is 88.3 cm³/mol. The maximum absolute atomic E-state index is 12.8. The third-order valence-corrected chi connectivity index (χ3v) is 4.23. The van der Waals surface area contributed by atoms with Crippen molar-refractivity contribution in [3.63, 3.8) is 0 Å². The van der Waals surface area contributed by atoms with E-state index in [1.807, 2.05) is 0 Å². The van der Waals surface area contributed by atoms with E-state index in [2.05, 4.69) is 10.6 Å². The van der Waals surface area contributed by atoms with Gasteiger partial charge in [-0.2, -0.15) is 0 Å². The number of fused-ring (bicyclic) bond motifs is 1. The van der Waals surface area contributed by atoms with E-state index in [4.69, 9.17) is 9.47 Å². The molecular formula is C17H21N3O5. The molecule has 0 spiro atoms. The summed E-state index contributed by atoms with van der Waals surface area (Å²) in [5.41, 5.74) is 0.474. The Balaban J connectivity index is 1.61. The summed E-state index contributed by atoms with van der Waals surface area (Å²) >= 11 is 0. The number of benzene rings is 1. The van der Waals surface area contributed by atoms with Crippen molar-refractivity contribution in [2.24, 2.45) is 0 Å². The number of rotatable bonds is 5. The molecule has 2 heterocycles. The summed E-state index contributed by atoms with van der Waals surface area (Å²) in [6.45, 7) is 2.81. The first-order valence-corrected chi connectivity index (χ1v) is 8.29. The van der Waals surface area contributed by atoms with Crippen LogP contribution in [0.3, 0.4) is 0 Å². The minimum atomic E-state index is -0.491. The van der Waals surface area contributed by atoms with Crippen molar-refractivity contribution in [2.45, 2.75) is 25.8 Å². The summed E-state index contributed by atoms with van der Waals surface area (Å²) in [4.78, 5) is 37.6. The normalized spacial score (nSPS) is 18.1.